The van der Waals surface area contributed by atoms with Gasteiger partial charge >= 0.3 is 0 Å². The molecule has 0 bridgehead atoms. The first-order valence-corrected chi connectivity index (χ1v) is 9.95. The lowest BCUT2D eigenvalue weighted by molar-refractivity contribution is 0.193. The molecule has 2 aliphatic rings. The van der Waals surface area contributed by atoms with Crippen molar-refractivity contribution in [3.8, 4) is 0 Å². The molecule has 2 aromatic rings. The summed E-state index contributed by atoms with van der Waals surface area (Å²) in [7, 11) is 2.28. The first kappa shape index (κ1) is 15.6. The smallest absolute Gasteiger partial charge is 0.0550 e. The zero-order valence-electron chi connectivity index (χ0n) is 14.1. The Morgan fingerprint density at radius 1 is 1.35 bits per heavy atom. The number of H-pyrrole nitrogens is 1. The summed E-state index contributed by atoms with van der Waals surface area (Å²) in [4.78, 5) is 7.63. The zero-order valence-corrected chi connectivity index (χ0v) is 14.9. The minimum Gasteiger partial charge on any atom is -0.381 e. The van der Waals surface area contributed by atoms with E-state index in [9.17, 15) is 0 Å². The van der Waals surface area contributed by atoms with Crippen molar-refractivity contribution < 1.29 is 4.74 Å². The topological polar surface area (TPSA) is 28.3 Å². The molecule has 0 radical (unpaired) electrons. The van der Waals surface area contributed by atoms with Crippen molar-refractivity contribution in [1.29, 1.82) is 0 Å². The Balaban J connectivity index is 1.77. The number of nitrogens with one attached hydrogen (secondary N) is 1. The molecule has 23 heavy (non-hydrogen) atoms. The van der Waals surface area contributed by atoms with Gasteiger partial charge in [-0.3, -0.25) is 0 Å². The predicted octanol–water partition coefficient (Wildman–Crippen LogP) is 4.03. The van der Waals surface area contributed by atoms with Gasteiger partial charge in [0, 0.05) is 40.1 Å². The van der Waals surface area contributed by atoms with E-state index in [0.29, 0.717) is 12.0 Å². The molecule has 4 rings (SSSR count). The normalized spacial score (nSPS) is 25.7. The van der Waals surface area contributed by atoms with E-state index < -0.39 is 0 Å². The van der Waals surface area contributed by atoms with Gasteiger partial charge in [0.1, 0.15) is 0 Å². The van der Waals surface area contributed by atoms with Crippen LogP contribution in [0.1, 0.15) is 36.4 Å². The molecule has 0 amide bonds. The number of rotatable bonds is 4. The minimum absolute atomic E-state index is 0.543. The zero-order chi connectivity index (χ0) is 15.8. The molecule has 1 aromatic carbocycles. The molecule has 1 aromatic heterocycles. The molecule has 2 fully saturated rings. The number of thioether (sulfide) groups is 1. The number of ether oxygens (including phenoxy) is 1. The van der Waals surface area contributed by atoms with Gasteiger partial charge in [-0.1, -0.05) is 0 Å². The van der Waals surface area contributed by atoms with Gasteiger partial charge in [-0.2, -0.15) is 0 Å². The van der Waals surface area contributed by atoms with Crippen LogP contribution in [0.2, 0.25) is 0 Å². The number of likely N-dealkylation sites (tertiary alicyclic amines) is 1. The molecule has 0 saturated carbocycles. The molecule has 2 aliphatic heterocycles. The van der Waals surface area contributed by atoms with Gasteiger partial charge in [0.05, 0.1) is 6.61 Å². The van der Waals surface area contributed by atoms with Crippen LogP contribution in [0.4, 0.5) is 0 Å². The van der Waals surface area contributed by atoms with Crippen LogP contribution in [0.15, 0.2) is 23.1 Å². The maximum Gasteiger partial charge on any atom is 0.0550 e. The second-order valence-electron chi connectivity index (χ2n) is 6.97. The SMILES string of the molecule is CSc1ccc2[nH]c([C@@H]3CCOC3)c(C[C@H]3CCCN3C)c2c1. The number of likely N-dealkylation sites (N-methyl/N-ethyl adjacent to an activating group) is 1. The van der Waals surface area contributed by atoms with E-state index in [-0.39, 0.29) is 0 Å². The summed E-state index contributed by atoms with van der Waals surface area (Å²) in [6.45, 7) is 3.01. The highest BCUT2D eigenvalue weighted by Crippen LogP contribution is 2.36. The third-order valence-electron chi connectivity index (χ3n) is 5.60. The van der Waals surface area contributed by atoms with Gasteiger partial charge in [0.25, 0.3) is 0 Å². The maximum absolute atomic E-state index is 5.66. The van der Waals surface area contributed by atoms with Crippen LogP contribution in [-0.4, -0.2) is 49.0 Å². The average Bonchev–Trinajstić information content (AvgIpc) is 3.29. The van der Waals surface area contributed by atoms with E-state index in [2.05, 4.69) is 41.4 Å². The number of aromatic nitrogens is 1. The van der Waals surface area contributed by atoms with E-state index >= 15 is 0 Å². The number of fused-ring (bicyclic) bond motifs is 1. The Morgan fingerprint density at radius 2 is 2.26 bits per heavy atom. The van der Waals surface area contributed by atoms with Crippen LogP contribution >= 0.6 is 11.8 Å². The predicted molar refractivity (Wildman–Crippen MR) is 97.6 cm³/mol. The van der Waals surface area contributed by atoms with E-state index in [1.54, 1.807) is 5.56 Å². The fraction of sp³-hybridized carbons (Fsp3) is 0.579. The second-order valence-corrected chi connectivity index (χ2v) is 7.85. The standard InChI is InChI=1S/C19H26N2OS/c1-21-8-3-4-14(21)10-17-16-11-15(23-2)5-6-18(16)20-19(17)13-7-9-22-12-13/h5-6,11,13-14,20H,3-4,7-10,12H2,1-2H3/t13-,14-/m1/s1. The molecule has 0 aliphatic carbocycles. The Labute approximate surface area is 142 Å². The summed E-state index contributed by atoms with van der Waals surface area (Å²) in [6.07, 6.45) is 7.13. The molecular weight excluding hydrogens is 304 g/mol. The lowest BCUT2D eigenvalue weighted by Crippen LogP contribution is -2.27. The Hall–Kier alpha value is -0.970. The molecule has 3 nitrogen and oxygen atoms in total. The molecule has 1 N–H and O–H groups in total. The van der Waals surface area contributed by atoms with Crippen LogP contribution in [0.5, 0.6) is 0 Å². The Kier molecular flexibility index (Phi) is 4.39. The Bertz CT molecular complexity index is 690. The summed E-state index contributed by atoms with van der Waals surface area (Å²) in [5, 5.41) is 1.43. The number of hydrogen-bond acceptors (Lipinski definition) is 3. The van der Waals surface area contributed by atoms with Crippen molar-refractivity contribution >= 4 is 22.7 Å². The minimum atomic E-state index is 0.543. The third-order valence-corrected chi connectivity index (χ3v) is 6.32. The number of hydrogen-bond donors (Lipinski definition) is 1. The van der Waals surface area contributed by atoms with Crippen molar-refractivity contribution in [1.82, 2.24) is 9.88 Å². The second kappa shape index (κ2) is 6.50. The van der Waals surface area contributed by atoms with Crippen LogP contribution in [0.25, 0.3) is 10.9 Å². The van der Waals surface area contributed by atoms with Crippen molar-refractivity contribution in [2.24, 2.45) is 0 Å². The molecule has 2 saturated heterocycles. The van der Waals surface area contributed by atoms with Crippen LogP contribution in [-0.2, 0) is 11.2 Å². The maximum atomic E-state index is 5.66. The van der Waals surface area contributed by atoms with Gasteiger partial charge in [-0.05, 0) is 69.3 Å². The van der Waals surface area contributed by atoms with Crippen molar-refractivity contribution in [2.45, 2.75) is 42.5 Å². The van der Waals surface area contributed by atoms with Gasteiger partial charge in [-0.25, -0.2) is 0 Å². The molecule has 4 heteroatoms. The first-order valence-electron chi connectivity index (χ1n) is 8.72. The van der Waals surface area contributed by atoms with Gasteiger partial charge in [0.15, 0.2) is 0 Å². The van der Waals surface area contributed by atoms with Crippen LogP contribution < -0.4 is 0 Å². The lowest BCUT2D eigenvalue weighted by atomic mass is 9.94. The summed E-state index contributed by atoms with van der Waals surface area (Å²) in [6, 6.07) is 7.54. The van der Waals surface area contributed by atoms with E-state index in [0.717, 1.165) is 19.6 Å². The van der Waals surface area contributed by atoms with Crippen LogP contribution in [0, 0.1) is 0 Å². The molecular formula is C19H26N2OS. The van der Waals surface area contributed by atoms with Gasteiger partial charge in [-0.15, -0.1) is 11.8 Å². The highest BCUT2D eigenvalue weighted by molar-refractivity contribution is 7.98. The molecule has 0 unspecified atom stereocenters. The van der Waals surface area contributed by atoms with E-state index in [1.807, 2.05) is 11.8 Å². The number of nitrogens with zero attached hydrogens (tertiary/aromatic N) is 1. The van der Waals surface area contributed by atoms with Gasteiger partial charge < -0.3 is 14.6 Å². The van der Waals surface area contributed by atoms with Crippen molar-refractivity contribution in [3.05, 3.63) is 29.5 Å². The molecule has 3 heterocycles. The largest absolute Gasteiger partial charge is 0.381 e. The van der Waals surface area contributed by atoms with Crippen molar-refractivity contribution in [2.75, 3.05) is 33.1 Å². The monoisotopic (exact) mass is 330 g/mol. The van der Waals surface area contributed by atoms with Crippen LogP contribution in [0.3, 0.4) is 0 Å². The quantitative estimate of drug-likeness (QED) is 0.858. The fourth-order valence-corrected chi connectivity index (χ4v) is 4.62. The lowest BCUT2D eigenvalue weighted by Gasteiger charge is -2.21. The van der Waals surface area contributed by atoms with Crippen molar-refractivity contribution in [3.63, 3.8) is 0 Å². The molecule has 2 atom stereocenters. The van der Waals surface area contributed by atoms with Gasteiger partial charge in [0.2, 0.25) is 0 Å². The summed E-state index contributed by atoms with van der Waals surface area (Å²) in [5.41, 5.74) is 4.28. The highest BCUT2D eigenvalue weighted by Gasteiger charge is 2.28. The highest BCUT2D eigenvalue weighted by atomic mass is 32.2. The summed E-state index contributed by atoms with van der Waals surface area (Å²) >= 11 is 1.83. The van der Waals surface area contributed by atoms with E-state index in [4.69, 9.17) is 4.74 Å². The average molecular weight is 330 g/mol. The fourth-order valence-electron chi connectivity index (χ4n) is 4.18. The summed E-state index contributed by atoms with van der Waals surface area (Å²) < 4.78 is 5.66. The Morgan fingerprint density at radius 3 is 2.96 bits per heavy atom. The number of aromatic amines is 1. The molecule has 0 spiro atoms. The summed E-state index contributed by atoms with van der Waals surface area (Å²) in [5.74, 6) is 0.543. The van der Waals surface area contributed by atoms with E-state index in [1.165, 1.54) is 47.3 Å². The third kappa shape index (κ3) is 2.92. The first-order chi connectivity index (χ1) is 11.3. The molecule has 124 valence electrons. The number of benzene rings is 1.